The van der Waals surface area contributed by atoms with E-state index in [0.717, 1.165) is 0 Å². The summed E-state index contributed by atoms with van der Waals surface area (Å²) >= 11 is 0. The zero-order valence-electron chi connectivity index (χ0n) is 16.9. The van der Waals surface area contributed by atoms with E-state index >= 15 is 0 Å². The van der Waals surface area contributed by atoms with Crippen molar-refractivity contribution in [2.75, 3.05) is 33.1 Å². The summed E-state index contributed by atoms with van der Waals surface area (Å²) in [4.78, 5) is 23.4. The number of rotatable bonds is 8. The van der Waals surface area contributed by atoms with Crippen molar-refractivity contribution < 1.29 is 32.2 Å². The summed E-state index contributed by atoms with van der Waals surface area (Å²) < 4.78 is 43.1. The molecular formula is C20H22N2O7S. The van der Waals surface area contributed by atoms with E-state index in [9.17, 15) is 18.0 Å². The number of benzene rings is 2. The number of carbonyl (C=O) groups excluding carboxylic acids is 2. The maximum atomic E-state index is 12.8. The molecule has 0 aliphatic rings. The predicted octanol–water partition coefficient (Wildman–Crippen LogP) is 2.05. The second kappa shape index (κ2) is 9.79. The first-order chi connectivity index (χ1) is 14.2. The lowest BCUT2D eigenvalue weighted by molar-refractivity contribution is -0.115. The molecule has 0 saturated carbocycles. The van der Waals surface area contributed by atoms with Gasteiger partial charge in [0.05, 0.1) is 37.5 Å². The number of nitrogens with one attached hydrogen (secondary N) is 2. The van der Waals surface area contributed by atoms with Crippen LogP contribution in [0, 0.1) is 0 Å². The van der Waals surface area contributed by atoms with Gasteiger partial charge in [-0.3, -0.25) is 9.52 Å². The number of methoxy groups -OCH3 is 3. The van der Waals surface area contributed by atoms with Crippen LogP contribution < -0.4 is 19.5 Å². The summed E-state index contributed by atoms with van der Waals surface area (Å²) in [5, 5.41) is 2.45. The normalized spacial score (nSPS) is 11.1. The Morgan fingerprint density at radius 3 is 2.10 bits per heavy atom. The predicted molar refractivity (Wildman–Crippen MR) is 111 cm³/mol. The molecule has 2 aromatic rings. The molecule has 30 heavy (non-hydrogen) atoms. The molecule has 2 rings (SSSR count). The molecule has 0 radical (unpaired) electrons. The van der Waals surface area contributed by atoms with Crippen LogP contribution in [0.5, 0.6) is 11.5 Å². The average molecular weight is 434 g/mol. The fourth-order valence-corrected chi connectivity index (χ4v) is 3.53. The molecule has 0 aliphatic heterocycles. The minimum Gasteiger partial charge on any atom is -0.493 e. The number of ether oxygens (including phenoxy) is 3. The van der Waals surface area contributed by atoms with Gasteiger partial charge in [-0.15, -0.1) is 0 Å². The average Bonchev–Trinajstić information content (AvgIpc) is 2.76. The van der Waals surface area contributed by atoms with Crippen LogP contribution in [-0.4, -0.2) is 48.7 Å². The van der Waals surface area contributed by atoms with Gasteiger partial charge in [-0.25, -0.2) is 13.2 Å². The number of amides is 1. The third-order valence-corrected chi connectivity index (χ3v) is 5.42. The fourth-order valence-electron chi connectivity index (χ4n) is 2.46. The topological polar surface area (TPSA) is 120 Å². The second-order valence-electron chi connectivity index (χ2n) is 5.87. The number of sulfonamides is 1. The minimum absolute atomic E-state index is 0.0249. The number of anilines is 1. The van der Waals surface area contributed by atoms with Crippen molar-refractivity contribution in [2.24, 2.45) is 0 Å². The van der Waals surface area contributed by atoms with E-state index in [1.165, 1.54) is 58.7 Å². The van der Waals surface area contributed by atoms with E-state index in [1.54, 1.807) is 18.2 Å². The third-order valence-electron chi connectivity index (χ3n) is 4.04. The summed E-state index contributed by atoms with van der Waals surface area (Å²) in [6.07, 6.45) is 2.88. The standard InChI is InChI=1S/C20H22N2O7S/c1-21-19(23)10-7-13-5-8-14(9-6-13)30(25,26)22-16-12-18(28-3)17(27-2)11-15(16)20(24)29-4/h5-12,22H,1-4H3,(H,21,23)/b10-7+. The Balaban J connectivity index is 2.39. The van der Waals surface area contributed by atoms with Gasteiger partial charge in [0.15, 0.2) is 11.5 Å². The first kappa shape index (κ1) is 22.8. The highest BCUT2D eigenvalue weighted by Crippen LogP contribution is 2.34. The molecule has 0 bridgehead atoms. The van der Waals surface area contributed by atoms with Gasteiger partial charge in [0.2, 0.25) is 5.91 Å². The van der Waals surface area contributed by atoms with Crippen LogP contribution in [0.3, 0.4) is 0 Å². The maximum absolute atomic E-state index is 12.8. The van der Waals surface area contributed by atoms with Gasteiger partial charge in [-0.2, -0.15) is 0 Å². The Kier molecular flexibility index (Phi) is 7.43. The van der Waals surface area contributed by atoms with Crippen LogP contribution in [0.15, 0.2) is 47.4 Å². The van der Waals surface area contributed by atoms with Gasteiger partial charge < -0.3 is 19.5 Å². The van der Waals surface area contributed by atoms with E-state index in [1.807, 2.05) is 0 Å². The second-order valence-corrected chi connectivity index (χ2v) is 7.55. The van der Waals surface area contributed by atoms with Gasteiger partial charge >= 0.3 is 5.97 Å². The number of hydrogen-bond donors (Lipinski definition) is 2. The Bertz CT molecular complexity index is 1060. The van der Waals surface area contributed by atoms with Crippen LogP contribution in [-0.2, 0) is 19.6 Å². The quantitative estimate of drug-likeness (QED) is 0.482. The van der Waals surface area contributed by atoms with Crippen LogP contribution >= 0.6 is 0 Å². The minimum atomic E-state index is -4.03. The zero-order valence-corrected chi connectivity index (χ0v) is 17.7. The Morgan fingerprint density at radius 1 is 0.967 bits per heavy atom. The molecule has 9 nitrogen and oxygen atoms in total. The van der Waals surface area contributed by atoms with E-state index in [2.05, 4.69) is 10.0 Å². The molecule has 0 spiro atoms. The lowest BCUT2D eigenvalue weighted by atomic mass is 10.1. The van der Waals surface area contributed by atoms with Crippen molar-refractivity contribution in [1.82, 2.24) is 5.32 Å². The summed E-state index contributed by atoms with van der Waals surface area (Å²) in [6, 6.07) is 8.51. The molecule has 10 heteroatoms. The molecule has 0 heterocycles. The molecule has 0 atom stereocenters. The number of hydrogen-bond acceptors (Lipinski definition) is 7. The SMILES string of the molecule is CNC(=O)/C=C/c1ccc(S(=O)(=O)Nc2cc(OC)c(OC)cc2C(=O)OC)cc1. The highest BCUT2D eigenvalue weighted by Gasteiger charge is 2.22. The smallest absolute Gasteiger partial charge is 0.340 e. The zero-order chi connectivity index (χ0) is 22.3. The molecule has 0 unspecified atom stereocenters. The van der Waals surface area contributed by atoms with E-state index in [4.69, 9.17) is 14.2 Å². The molecule has 0 aliphatic carbocycles. The molecule has 2 N–H and O–H groups in total. The molecule has 0 aromatic heterocycles. The Morgan fingerprint density at radius 2 is 1.57 bits per heavy atom. The third kappa shape index (κ3) is 5.29. The number of esters is 1. The van der Waals surface area contributed by atoms with Crippen molar-refractivity contribution in [2.45, 2.75) is 4.90 Å². The van der Waals surface area contributed by atoms with Crippen LogP contribution in [0.25, 0.3) is 6.08 Å². The molecule has 1 amide bonds. The summed E-state index contributed by atoms with van der Waals surface area (Å²) in [6.45, 7) is 0. The maximum Gasteiger partial charge on any atom is 0.340 e. The first-order valence-corrected chi connectivity index (χ1v) is 10.1. The van der Waals surface area contributed by atoms with Crippen molar-refractivity contribution >= 4 is 33.7 Å². The van der Waals surface area contributed by atoms with Crippen LogP contribution in [0.4, 0.5) is 5.69 Å². The lowest BCUT2D eigenvalue weighted by Crippen LogP contribution is -2.16. The number of carbonyl (C=O) groups is 2. The molecular weight excluding hydrogens is 412 g/mol. The van der Waals surface area contributed by atoms with Gasteiger partial charge in [-0.1, -0.05) is 12.1 Å². The van der Waals surface area contributed by atoms with Gasteiger partial charge in [0, 0.05) is 25.3 Å². The van der Waals surface area contributed by atoms with Gasteiger partial charge in [0.1, 0.15) is 0 Å². The summed E-state index contributed by atoms with van der Waals surface area (Å²) in [5.41, 5.74) is 0.575. The number of likely N-dealkylation sites (N-methyl/N-ethyl adjacent to an activating group) is 1. The largest absolute Gasteiger partial charge is 0.493 e. The van der Waals surface area contributed by atoms with Crippen LogP contribution in [0.1, 0.15) is 15.9 Å². The first-order valence-electron chi connectivity index (χ1n) is 8.62. The van der Waals surface area contributed by atoms with Crippen molar-refractivity contribution in [1.29, 1.82) is 0 Å². The fraction of sp³-hybridized carbons (Fsp3) is 0.200. The molecule has 0 fully saturated rings. The van der Waals surface area contributed by atoms with Gasteiger partial charge in [0.25, 0.3) is 10.0 Å². The van der Waals surface area contributed by atoms with Crippen molar-refractivity contribution in [3.8, 4) is 11.5 Å². The molecule has 0 saturated heterocycles. The summed E-state index contributed by atoms with van der Waals surface area (Å²) in [5.74, 6) is -0.550. The van der Waals surface area contributed by atoms with E-state index in [-0.39, 0.29) is 33.6 Å². The summed E-state index contributed by atoms with van der Waals surface area (Å²) in [7, 11) is 1.43. The van der Waals surface area contributed by atoms with E-state index < -0.39 is 16.0 Å². The highest BCUT2D eigenvalue weighted by molar-refractivity contribution is 7.92. The van der Waals surface area contributed by atoms with E-state index in [0.29, 0.717) is 5.56 Å². The Hall–Kier alpha value is -3.53. The van der Waals surface area contributed by atoms with Crippen molar-refractivity contribution in [3.05, 3.63) is 53.6 Å². The Labute approximate surface area is 174 Å². The molecule has 160 valence electrons. The van der Waals surface area contributed by atoms with Crippen LogP contribution in [0.2, 0.25) is 0 Å². The lowest BCUT2D eigenvalue weighted by Gasteiger charge is -2.15. The van der Waals surface area contributed by atoms with Gasteiger partial charge in [-0.05, 0) is 23.8 Å². The van der Waals surface area contributed by atoms with Crippen molar-refractivity contribution in [3.63, 3.8) is 0 Å². The molecule has 2 aromatic carbocycles. The monoisotopic (exact) mass is 434 g/mol. The highest BCUT2D eigenvalue weighted by atomic mass is 32.2.